The number of unbranched alkanes of at least 4 members (excludes halogenated alkanes) is 11. The summed E-state index contributed by atoms with van der Waals surface area (Å²) in [7, 11) is 0. The van der Waals surface area contributed by atoms with E-state index in [0.29, 0.717) is 6.61 Å². The third-order valence-electron chi connectivity index (χ3n) is 5.45. The number of allylic oxidation sites excluding steroid dienone is 2. The van der Waals surface area contributed by atoms with E-state index in [1.165, 1.54) is 70.6 Å². The maximum atomic E-state index is 9.88. The Hall–Kier alpha value is -0.460. The van der Waals surface area contributed by atoms with Crippen molar-refractivity contribution in [3.05, 3.63) is 12.2 Å². The van der Waals surface area contributed by atoms with Crippen LogP contribution in [0.15, 0.2) is 12.2 Å². The highest BCUT2D eigenvalue weighted by Gasteiger charge is 2.40. The molecule has 1 fully saturated rings. The van der Waals surface area contributed by atoms with Crippen LogP contribution < -0.4 is 0 Å². The molecule has 1 rings (SSSR count). The maximum Gasteiger partial charge on any atom is 0.114 e. The summed E-state index contributed by atoms with van der Waals surface area (Å²) >= 11 is 0. The maximum absolute atomic E-state index is 9.88. The van der Waals surface area contributed by atoms with Gasteiger partial charge < -0.3 is 24.8 Å². The molecule has 0 aromatic heterocycles. The standard InChI is InChI=1S/C23H44O5/c1-2-3-4-5-6-7-8-9-10-11-12-13-14-15-16-17-27-23-21(26)19-28-22(23)20(25)18-24/h6-7,20-26H,2-5,8-19H2,1H3/b7-6+/t20-,21+,22-,23-/m0/s1. The Bertz CT molecular complexity index is 374. The predicted octanol–water partition coefficient (Wildman–Crippen LogP) is 4.13. The second-order valence-corrected chi connectivity index (χ2v) is 8.03. The fourth-order valence-corrected chi connectivity index (χ4v) is 3.65. The smallest absolute Gasteiger partial charge is 0.114 e. The Morgan fingerprint density at radius 3 is 2.11 bits per heavy atom. The Morgan fingerprint density at radius 2 is 1.50 bits per heavy atom. The Balaban J connectivity index is 1.88. The van der Waals surface area contributed by atoms with Crippen LogP contribution in [0.3, 0.4) is 0 Å². The molecule has 5 nitrogen and oxygen atoms in total. The number of aliphatic hydroxyl groups is 3. The number of hydrogen-bond acceptors (Lipinski definition) is 5. The summed E-state index contributed by atoms with van der Waals surface area (Å²) in [6.07, 6.45) is 18.1. The van der Waals surface area contributed by atoms with Gasteiger partial charge in [0, 0.05) is 6.61 Å². The molecule has 0 aromatic rings. The highest BCUT2D eigenvalue weighted by atomic mass is 16.6. The average molecular weight is 401 g/mol. The van der Waals surface area contributed by atoms with Crippen molar-refractivity contribution >= 4 is 0 Å². The molecule has 5 heteroatoms. The average Bonchev–Trinajstić information content (AvgIpc) is 3.07. The minimum Gasteiger partial charge on any atom is -0.394 e. The molecule has 1 heterocycles. The molecule has 0 unspecified atom stereocenters. The van der Waals surface area contributed by atoms with Gasteiger partial charge in [-0.2, -0.15) is 0 Å². The van der Waals surface area contributed by atoms with Crippen LogP contribution in [0.2, 0.25) is 0 Å². The summed E-state index contributed by atoms with van der Waals surface area (Å²) in [4.78, 5) is 0. The van der Waals surface area contributed by atoms with E-state index in [4.69, 9.17) is 14.6 Å². The summed E-state index contributed by atoms with van der Waals surface area (Å²) < 4.78 is 11.0. The molecule has 0 amide bonds. The lowest BCUT2D eigenvalue weighted by atomic mass is 10.1. The first-order valence-corrected chi connectivity index (χ1v) is 11.6. The third kappa shape index (κ3) is 11.5. The molecule has 28 heavy (non-hydrogen) atoms. The van der Waals surface area contributed by atoms with Crippen LogP contribution in [0.5, 0.6) is 0 Å². The van der Waals surface area contributed by atoms with E-state index in [1.54, 1.807) is 0 Å². The summed E-state index contributed by atoms with van der Waals surface area (Å²) in [5.74, 6) is 0. The van der Waals surface area contributed by atoms with Crippen molar-refractivity contribution in [1.82, 2.24) is 0 Å². The van der Waals surface area contributed by atoms with Crippen LogP contribution in [0.1, 0.15) is 90.4 Å². The van der Waals surface area contributed by atoms with Gasteiger partial charge in [0.15, 0.2) is 0 Å². The Labute approximate surface area is 172 Å². The summed E-state index contributed by atoms with van der Waals surface area (Å²) in [6.45, 7) is 2.58. The second-order valence-electron chi connectivity index (χ2n) is 8.03. The van der Waals surface area contributed by atoms with E-state index < -0.39 is 24.4 Å². The van der Waals surface area contributed by atoms with Crippen molar-refractivity contribution in [2.75, 3.05) is 19.8 Å². The first kappa shape index (κ1) is 25.6. The molecule has 1 saturated heterocycles. The number of rotatable bonds is 18. The zero-order chi connectivity index (χ0) is 20.5. The lowest BCUT2D eigenvalue weighted by molar-refractivity contribution is -0.0938. The topological polar surface area (TPSA) is 79.2 Å². The predicted molar refractivity (Wildman–Crippen MR) is 113 cm³/mol. The first-order valence-electron chi connectivity index (χ1n) is 11.6. The van der Waals surface area contributed by atoms with Crippen molar-refractivity contribution in [2.24, 2.45) is 0 Å². The molecule has 3 N–H and O–H groups in total. The number of aliphatic hydroxyl groups excluding tert-OH is 3. The first-order chi connectivity index (χ1) is 13.7. The summed E-state index contributed by atoms with van der Waals surface area (Å²) in [5, 5.41) is 28.6. The molecule has 1 aliphatic heterocycles. The van der Waals surface area contributed by atoms with Crippen LogP contribution in [-0.2, 0) is 9.47 Å². The van der Waals surface area contributed by atoms with Gasteiger partial charge >= 0.3 is 0 Å². The van der Waals surface area contributed by atoms with Crippen molar-refractivity contribution in [3.8, 4) is 0 Å². The van der Waals surface area contributed by atoms with Crippen LogP contribution >= 0.6 is 0 Å². The minimum atomic E-state index is -1.00. The van der Waals surface area contributed by atoms with Crippen molar-refractivity contribution in [3.63, 3.8) is 0 Å². The molecule has 166 valence electrons. The molecule has 0 aliphatic carbocycles. The van der Waals surface area contributed by atoms with Crippen molar-refractivity contribution in [1.29, 1.82) is 0 Å². The van der Waals surface area contributed by atoms with E-state index in [9.17, 15) is 10.2 Å². The molecule has 0 bridgehead atoms. The number of hydrogen-bond donors (Lipinski definition) is 3. The largest absolute Gasteiger partial charge is 0.394 e. The van der Waals surface area contributed by atoms with Gasteiger partial charge in [0.05, 0.1) is 13.2 Å². The van der Waals surface area contributed by atoms with Gasteiger partial charge in [-0.05, 0) is 32.1 Å². The fourth-order valence-electron chi connectivity index (χ4n) is 3.65. The summed E-state index contributed by atoms with van der Waals surface area (Å²) in [6, 6.07) is 0. The molecule has 1 aliphatic rings. The molecule has 0 saturated carbocycles. The molecule has 0 radical (unpaired) electrons. The zero-order valence-electron chi connectivity index (χ0n) is 17.9. The van der Waals surface area contributed by atoms with Crippen LogP contribution in [0.4, 0.5) is 0 Å². The molecular formula is C23H44O5. The molecule has 4 atom stereocenters. The van der Waals surface area contributed by atoms with Crippen LogP contribution in [0.25, 0.3) is 0 Å². The van der Waals surface area contributed by atoms with Crippen molar-refractivity contribution in [2.45, 2.75) is 115 Å². The molecule has 0 spiro atoms. The van der Waals surface area contributed by atoms with E-state index in [2.05, 4.69) is 19.1 Å². The van der Waals surface area contributed by atoms with Gasteiger partial charge in [0.1, 0.15) is 24.4 Å². The van der Waals surface area contributed by atoms with Gasteiger partial charge in [0.25, 0.3) is 0 Å². The van der Waals surface area contributed by atoms with E-state index in [1.807, 2.05) is 0 Å². The van der Waals surface area contributed by atoms with Gasteiger partial charge in [-0.3, -0.25) is 0 Å². The van der Waals surface area contributed by atoms with Crippen molar-refractivity contribution < 1.29 is 24.8 Å². The number of ether oxygens (including phenoxy) is 2. The second kappa shape index (κ2) is 17.4. The molecule has 0 aromatic carbocycles. The summed E-state index contributed by atoms with van der Waals surface area (Å²) in [5.41, 5.74) is 0. The van der Waals surface area contributed by atoms with E-state index >= 15 is 0 Å². The van der Waals surface area contributed by atoms with Gasteiger partial charge in [-0.1, -0.05) is 70.4 Å². The van der Waals surface area contributed by atoms with Gasteiger partial charge in [0.2, 0.25) is 0 Å². The lowest BCUT2D eigenvalue weighted by Gasteiger charge is -2.23. The third-order valence-corrected chi connectivity index (χ3v) is 5.45. The van der Waals surface area contributed by atoms with Gasteiger partial charge in [-0.25, -0.2) is 0 Å². The van der Waals surface area contributed by atoms with Crippen LogP contribution in [0, 0.1) is 0 Å². The highest BCUT2D eigenvalue weighted by molar-refractivity contribution is 4.89. The van der Waals surface area contributed by atoms with Gasteiger partial charge in [-0.15, -0.1) is 0 Å². The fraction of sp³-hybridized carbons (Fsp3) is 0.913. The Morgan fingerprint density at radius 1 is 0.929 bits per heavy atom. The lowest BCUT2D eigenvalue weighted by Crippen LogP contribution is -2.42. The molecular weight excluding hydrogens is 356 g/mol. The Kier molecular flexibility index (Phi) is 15.9. The van der Waals surface area contributed by atoms with E-state index in [-0.39, 0.29) is 13.2 Å². The highest BCUT2D eigenvalue weighted by Crippen LogP contribution is 2.21. The minimum absolute atomic E-state index is 0.154. The normalized spacial score (nSPS) is 23.6. The van der Waals surface area contributed by atoms with Crippen LogP contribution in [-0.4, -0.2) is 59.6 Å². The van der Waals surface area contributed by atoms with E-state index in [0.717, 1.165) is 12.8 Å². The SMILES string of the molecule is CCCCC/C=C/CCCCCCCCCCO[C@@H]1[C@H]([C@@H](O)CO)OC[C@H]1O. The quantitative estimate of drug-likeness (QED) is 0.238. The zero-order valence-corrected chi connectivity index (χ0v) is 17.9. The monoisotopic (exact) mass is 400 g/mol.